The summed E-state index contributed by atoms with van der Waals surface area (Å²) in [5, 5.41) is 10.7. The molecule has 0 saturated heterocycles. The number of ether oxygens (including phenoxy) is 4. The molecule has 0 aromatic heterocycles. The van der Waals surface area contributed by atoms with Crippen molar-refractivity contribution in [1.29, 1.82) is 0 Å². The van der Waals surface area contributed by atoms with E-state index in [0.717, 1.165) is 95.8 Å². The standard InChI is InChI=1S/C86H168O17P2/c1-6-10-13-16-19-22-24-26-28-30-31-32-33-34-35-37-43-47-52-57-62-67-72-86(91)103-82(76-97-84(89)70-65-60-55-50-45-41-39-38-40-44-49-53-58-63-68-79(5)9-4)78-101-105(94,95)99-74-80(87)73-98-104(92,93)100-77-81(75-96-83(88)69-64-59-54-48-21-18-15-12-8-3)102-85(90)71-66-61-56-51-46-42-36-29-27-25-23-20-17-14-11-7-2/h79-82,87H,6-78H2,1-5H3,(H,92,93)(H,94,95)/t79?,80-,81+,82+/m0/s1. The highest BCUT2D eigenvalue weighted by Crippen LogP contribution is 2.45. The Kier molecular flexibility index (Phi) is 77.3. The van der Waals surface area contributed by atoms with Crippen molar-refractivity contribution in [1.82, 2.24) is 0 Å². The summed E-state index contributed by atoms with van der Waals surface area (Å²) in [4.78, 5) is 73.2. The van der Waals surface area contributed by atoms with Crippen molar-refractivity contribution >= 4 is 39.5 Å². The molecule has 19 heteroatoms. The van der Waals surface area contributed by atoms with Crippen LogP contribution in [0.1, 0.15) is 465 Å². The van der Waals surface area contributed by atoms with Gasteiger partial charge in [-0.25, -0.2) is 9.13 Å². The van der Waals surface area contributed by atoms with Crippen LogP contribution in [0.4, 0.5) is 0 Å². The third-order valence-electron chi connectivity index (χ3n) is 20.6. The molecule has 3 unspecified atom stereocenters. The van der Waals surface area contributed by atoms with Crippen LogP contribution in [0.2, 0.25) is 0 Å². The number of aliphatic hydroxyl groups excluding tert-OH is 1. The molecule has 0 heterocycles. The lowest BCUT2D eigenvalue weighted by molar-refractivity contribution is -0.161. The number of phosphoric ester groups is 2. The van der Waals surface area contributed by atoms with Crippen LogP contribution in [0.25, 0.3) is 0 Å². The molecule has 0 fully saturated rings. The Labute approximate surface area is 645 Å². The molecule has 0 aliphatic carbocycles. The van der Waals surface area contributed by atoms with E-state index in [1.54, 1.807) is 0 Å². The van der Waals surface area contributed by atoms with Crippen LogP contribution < -0.4 is 0 Å². The van der Waals surface area contributed by atoms with E-state index in [-0.39, 0.29) is 25.7 Å². The van der Waals surface area contributed by atoms with Gasteiger partial charge in [0.05, 0.1) is 26.4 Å². The topological polar surface area (TPSA) is 237 Å². The number of carbonyl (C=O) groups excluding carboxylic acids is 4. The average Bonchev–Trinajstić information content (AvgIpc) is 0.923. The molecule has 0 saturated carbocycles. The van der Waals surface area contributed by atoms with Crippen molar-refractivity contribution in [3.63, 3.8) is 0 Å². The number of phosphoric acid groups is 2. The van der Waals surface area contributed by atoms with Crippen molar-refractivity contribution in [2.24, 2.45) is 5.92 Å². The van der Waals surface area contributed by atoms with Gasteiger partial charge in [0.15, 0.2) is 12.2 Å². The highest BCUT2D eigenvalue weighted by molar-refractivity contribution is 7.47. The molecule has 105 heavy (non-hydrogen) atoms. The van der Waals surface area contributed by atoms with Gasteiger partial charge in [0.2, 0.25) is 0 Å². The van der Waals surface area contributed by atoms with E-state index in [1.165, 1.54) is 289 Å². The normalized spacial score (nSPS) is 14.0. The van der Waals surface area contributed by atoms with Crippen LogP contribution in [-0.2, 0) is 65.4 Å². The molecule has 0 rings (SSSR count). The van der Waals surface area contributed by atoms with E-state index in [0.29, 0.717) is 25.7 Å². The molecule has 0 aromatic carbocycles. The SMILES string of the molecule is CCCCCCCCCCCCCCCCCCCCCCCCC(=O)O[C@H](COC(=O)CCCCCCCCCCCCCCCCC(C)CC)COP(=O)(O)OC[C@@H](O)COP(=O)(O)OC[C@@H](COC(=O)CCCCCCCCCCC)OC(=O)CCCCCCCCCCCCCCCCCC. The Morgan fingerprint density at radius 2 is 0.457 bits per heavy atom. The summed E-state index contributed by atoms with van der Waals surface area (Å²) in [6.45, 7) is 7.40. The summed E-state index contributed by atoms with van der Waals surface area (Å²) in [5.41, 5.74) is 0. The number of rotatable bonds is 86. The van der Waals surface area contributed by atoms with Gasteiger partial charge in [0.1, 0.15) is 19.3 Å². The first-order valence-corrected chi connectivity index (χ1v) is 47.7. The molecule has 6 atom stereocenters. The van der Waals surface area contributed by atoms with Crippen molar-refractivity contribution < 1.29 is 80.2 Å². The van der Waals surface area contributed by atoms with Crippen LogP contribution in [0.5, 0.6) is 0 Å². The van der Waals surface area contributed by atoms with Crippen molar-refractivity contribution in [3.05, 3.63) is 0 Å². The first-order chi connectivity index (χ1) is 51.1. The van der Waals surface area contributed by atoms with E-state index in [1.807, 2.05) is 0 Å². The third-order valence-corrected chi connectivity index (χ3v) is 22.5. The minimum absolute atomic E-state index is 0.109. The van der Waals surface area contributed by atoms with Gasteiger partial charge in [-0.2, -0.15) is 0 Å². The van der Waals surface area contributed by atoms with Crippen molar-refractivity contribution in [2.45, 2.75) is 483 Å². The van der Waals surface area contributed by atoms with Crippen molar-refractivity contribution in [3.8, 4) is 0 Å². The van der Waals surface area contributed by atoms with Gasteiger partial charge in [0.25, 0.3) is 0 Å². The molecule has 3 N–H and O–H groups in total. The summed E-state index contributed by atoms with van der Waals surface area (Å²) in [7, 11) is -9.92. The molecule has 624 valence electrons. The Morgan fingerprint density at radius 3 is 0.676 bits per heavy atom. The third kappa shape index (κ3) is 78.5. The predicted octanol–water partition coefficient (Wildman–Crippen LogP) is 26.4. The number of esters is 4. The predicted molar refractivity (Wildman–Crippen MR) is 432 cm³/mol. The summed E-state index contributed by atoms with van der Waals surface area (Å²) in [5.74, 6) is -1.25. The number of hydrogen-bond acceptors (Lipinski definition) is 15. The molecule has 0 aromatic rings. The van der Waals surface area contributed by atoms with Gasteiger partial charge in [-0.05, 0) is 31.6 Å². The van der Waals surface area contributed by atoms with E-state index in [4.69, 9.17) is 37.0 Å². The van der Waals surface area contributed by atoms with Gasteiger partial charge in [0, 0.05) is 25.7 Å². The Hall–Kier alpha value is -1.94. The summed E-state index contributed by atoms with van der Waals surface area (Å²) >= 11 is 0. The van der Waals surface area contributed by atoms with Crippen LogP contribution in [0.3, 0.4) is 0 Å². The van der Waals surface area contributed by atoms with Crippen molar-refractivity contribution in [2.75, 3.05) is 39.6 Å². The molecule has 0 aliphatic heterocycles. The van der Waals surface area contributed by atoms with Gasteiger partial charge in [-0.15, -0.1) is 0 Å². The molecule has 0 radical (unpaired) electrons. The zero-order valence-electron chi connectivity index (χ0n) is 68.9. The lowest BCUT2D eigenvalue weighted by Crippen LogP contribution is -2.30. The van der Waals surface area contributed by atoms with E-state index < -0.39 is 97.5 Å². The number of hydrogen-bond donors (Lipinski definition) is 3. The molecule has 0 amide bonds. The zero-order valence-corrected chi connectivity index (χ0v) is 70.7. The maximum Gasteiger partial charge on any atom is 0.472 e. The number of unbranched alkanes of at least 4 members (excludes halogenated alkanes) is 57. The van der Waals surface area contributed by atoms with Crippen LogP contribution in [0.15, 0.2) is 0 Å². The van der Waals surface area contributed by atoms with E-state index in [2.05, 4.69) is 34.6 Å². The minimum atomic E-state index is -4.96. The smallest absolute Gasteiger partial charge is 0.462 e. The average molecular weight is 1540 g/mol. The fourth-order valence-corrected chi connectivity index (χ4v) is 15.0. The molecule has 0 bridgehead atoms. The maximum absolute atomic E-state index is 13.1. The van der Waals surface area contributed by atoms with Crippen LogP contribution in [-0.4, -0.2) is 96.7 Å². The fraction of sp³-hybridized carbons (Fsp3) is 0.953. The largest absolute Gasteiger partial charge is 0.472 e. The molecule has 0 aliphatic rings. The summed E-state index contributed by atoms with van der Waals surface area (Å²) in [6.07, 6.45) is 72.2. The lowest BCUT2D eigenvalue weighted by Gasteiger charge is -2.21. The highest BCUT2D eigenvalue weighted by Gasteiger charge is 2.30. The first kappa shape index (κ1) is 103. The molecular formula is C86H168O17P2. The van der Waals surface area contributed by atoms with E-state index in [9.17, 15) is 43.2 Å². The summed E-state index contributed by atoms with van der Waals surface area (Å²) in [6, 6.07) is 0. The Bertz CT molecular complexity index is 2000. The number of carbonyl (C=O) groups is 4. The molecule has 0 spiro atoms. The second kappa shape index (κ2) is 78.7. The van der Waals surface area contributed by atoms with Crippen LogP contribution in [0, 0.1) is 5.92 Å². The summed E-state index contributed by atoms with van der Waals surface area (Å²) < 4.78 is 68.8. The Balaban J connectivity index is 5.20. The monoisotopic (exact) mass is 1540 g/mol. The first-order valence-electron chi connectivity index (χ1n) is 44.7. The van der Waals surface area contributed by atoms with Gasteiger partial charge in [-0.3, -0.25) is 37.3 Å². The van der Waals surface area contributed by atoms with E-state index >= 15 is 0 Å². The second-order valence-electron chi connectivity index (χ2n) is 31.2. The van der Waals surface area contributed by atoms with Gasteiger partial charge < -0.3 is 33.8 Å². The van der Waals surface area contributed by atoms with Crippen LogP contribution >= 0.6 is 15.6 Å². The minimum Gasteiger partial charge on any atom is -0.462 e. The molecular weight excluding hydrogens is 1370 g/mol. The van der Waals surface area contributed by atoms with Gasteiger partial charge in [-0.1, -0.05) is 413 Å². The van der Waals surface area contributed by atoms with Gasteiger partial charge >= 0.3 is 39.5 Å². The maximum atomic E-state index is 13.1. The molecule has 17 nitrogen and oxygen atoms in total. The second-order valence-corrected chi connectivity index (χ2v) is 34.1. The quantitative estimate of drug-likeness (QED) is 0.0222. The number of aliphatic hydroxyl groups is 1. The Morgan fingerprint density at radius 1 is 0.267 bits per heavy atom. The zero-order chi connectivity index (χ0) is 76.9. The fourth-order valence-electron chi connectivity index (χ4n) is 13.4. The lowest BCUT2D eigenvalue weighted by atomic mass is 9.99. The highest BCUT2D eigenvalue weighted by atomic mass is 31.2.